The summed E-state index contributed by atoms with van der Waals surface area (Å²) in [7, 11) is 0. The summed E-state index contributed by atoms with van der Waals surface area (Å²) in [5.41, 5.74) is 4.63. The summed E-state index contributed by atoms with van der Waals surface area (Å²) in [5, 5.41) is 1.68. The largest absolute Gasteiger partial charge is 0.449 e. The van der Waals surface area contributed by atoms with E-state index in [0.717, 1.165) is 11.1 Å². The highest BCUT2D eigenvalue weighted by Crippen LogP contribution is 2.44. The molecular formula is C17H14ClNO3. The summed E-state index contributed by atoms with van der Waals surface area (Å²) < 4.78 is 5.23. The average molecular weight is 316 g/mol. The van der Waals surface area contributed by atoms with E-state index in [4.69, 9.17) is 16.3 Å². The molecule has 0 heterocycles. The van der Waals surface area contributed by atoms with Gasteiger partial charge in [0, 0.05) is 5.92 Å². The summed E-state index contributed by atoms with van der Waals surface area (Å²) in [6.45, 7) is -0.0193. The van der Waals surface area contributed by atoms with Gasteiger partial charge in [-0.25, -0.2) is 4.79 Å². The van der Waals surface area contributed by atoms with Crippen LogP contribution in [0.3, 0.4) is 0 Å². The first kappa shape index (κ1) is 14.6. The van der Waals surface area contributed by atoms with Gasteiger partial charge in [0.05, 0.1) is 6.54 Å². The fourth-order valence-corrected chi connectivity index (χ4v) is 2.86. The molecule has 0 aromatic heterocycles. The van der Waals surface area contributed by atoms with Crippen molar-refractivity contribution in [2.45, 2.75) is 5.92 Å². The van der Waals surface area contributed by atoms with E-state index in [-0.39, 0.29) is 19.1 Å². The topological polar surface area (TPSA) is 55.4 Å². The standard InChI is InChI=1S/C17H14ClNO3/c18-16(20)9-19-17(21)22-10-15-13-7-3-1-5-11(13)12-6-2-4-8-14(12)15/h1-8,15H,9-10H2,(H,19,21). The minimum Gasteiger partial charge on any atom is -0.449 e. The summed E-state index contributed by atoms with van der Waals surface area (Å²) in [5.74, 6) is 0.00449. The summed E-state index contributed by atoms with van der Waals surface area (Å²) in [6, 6.07) is 16.2. The van der Waals surface area contributed by atoms with Crippen LogP contribution in [0.25, 0.3) is 11.1 Å². The molecular weight excluding hydrogens is 302 g/mol. The zero-order chi connectivity index (χ0) is 15.5. The Morgan fingerprint density at radius 3 is 2.09 bits per heavy atom. The molecule has 0 fully saturated rings. The van der Waals surface area contributed by atoms with E-state index in [1.54, 1.807) is 0 Å². The number of halogens is 1. The maximum atomic E-state index is 11.6. The van der Waals surface area contributed by atoms with Crippen molar-refractivity contribution in [1.82, 2.24) is 5.32 Å². The molecule has 4 nitrogen and oxygen atoms in total. The van der Waals surface area contributed by atoms with E-state index in [1.165, 1.54) is 11.1 Å². The predicted octanol–water partition coefficient (Wildman–Crippen LogP) is 3.29. The third-order valence-corrected chi connectivity index (χ3v) is 3.85. The van der Waals surface area contributed by atoms with Gasteiger partial charge in [-0.2, -0.15) is 0 Å². The number of rotatable bonds is 4. The number of hydrogen-bond donors (Lipinski definition) is 1. The second kappa shape index (κ2) is 6.20. The smallest absolute Gasteiger partial charge is 0.407 e. The number of alkyl carbamates (subject to hydrolysis) is 1. The van der Waals surface area contributed by atoms with Gasteiger partial charge < -0.3 is 10.1 Å². The van der Waals surface area contributed by atoms with Crippen molar-refractivity contribution in [2.24, 2.45) is 0 Å². The van der Waals surface area contributed by atoms with E-state index in [0.29, 0.717) is 0 Å². The third kappa shape index (κ3) is 2.83. The molecule has 112 valence electrons. The fraction of sp³-hybridized carbons (Fsp3) is 0.176. The molecule has 0 bridgehead atoms. The summed E-state index contributed by atoms with van der Waals surface area (Å²) in [4.78, 5) is 22.2. The van der Waals surface area contributed by atoms with Crippen molar-refractivity contribution < 1.29 is 14.3 Å². The molecule has 2 aromatic rings. The molecule has 1 amide bonds. The quantitative estimate of drug-likeness (QED) is 0.881. The van der Waals surface area contributed by atoms with Crippen molar-refractivity contribution in [3.8, 4) is 11.1 Å². The van der Waals surface area contributed by atoms with Crippen LogP contribution in [-0.2, 0) is 9.53 Å². The molecule has 1 aliphatic rings. The third-order valence-electron chi connectivity index (χ3n) is 3.72. The molecule has 0 unspecified atom stereocenters. The molecule has 0 saturated heterocycles. The van der Waals surface area contributed by atoms with Crippen molar-refractivity contribution in [2.75, 3.05) is 13.2 Å². The lowest BCUT2D eigenvalue weighted by Gasteiger charge is -2.14. The Balaban J connectivity index is 1.77. The maximum absolute atomic E-state index is 11.6. The van der Waals surface area contributed by atoms with E-state index in [2.05, 4.69) is 17.4 Å². The normalized spacial score (nSPS) is 12.4. The summed E-state index contributed by atoms with van der Waals surface area (Å²) in [6.07, 6.45) is -0.643. The number of benzene rings is 2. The van der Waals surface area contributed by atoms with Crippen molar-refractivity contribution in [3.05, 3.63) is 59.7 Å². The molecule has 22 heavy (non-hydrogen) atoms. The lowest BCUT2D eigenvalue weighted by molar-refractivity contribution is -0.110. The monoisotopic (exact) mass is 315 g/mol. The Labute approximate surface area is 133 Å². The Bertz CT molecular complexity index is 684. The van der Waals surface area contributed by atoms with Crippen LogP contribution in [0.4, 0.5) is 4.79 Å². The van der Waals surface area contributed by atoms with Gasteiger partial charge >= 0.3 is 6.09 Å². The number of fused-ring (bicyclic) bond motifs is 3. The van der Waals surface area contributed by atoms with Gasteiger partial charge in [0.2, 0.25) is 5.24 Å². The second-order valence-electron chi connectivity index (χ2n) is 5.03. The first-order valence-corrected chi connectivity index (χ1v) is 7.32. The van der Waals surface area contributed by atoms with E-state index in [9.17, 15) is 9.59 Å². The predicted molar refractivity (Wildman–Crippen MR) is 83.9 cm³/mol. The van der Waals surface area contributed by atoms with E-state index >= 15 is 0 Å². The zero-order valence-electron chi connectivity index (χ0n) is 11.7. The Kier molecular flexibility index (Phi) is 4.11. The Morgan fingerprint density at radius 2 is 1.55 bits per heavy atom. The van der Waals surface area contributed by atoms with Crippen molar-refractivity contribution in [3.63, 3.8) is 0 Å². The molecule has 0 spiro atoms. The lowest BCUT2D eigenvalue weighted by Crippen LogP contribution is -2.29. The van der Waals surface area contributed by atoms with Gasteiger partial charge in [-0.15, -0.1) is 0 Å². The minimum absolute atomic E-state index is 0.00449. The van der Waals surface area contributed by atoms with Crippen LogP contribution < -0.4 is 5.32 Å². The molecule has 0 aliphatic heterocycles. The van der Waals surface area contributed by atoms with Gasteiger partial charge in [-0.3, -0.25) is 4.79 Å². The highest BCUT2D eigenvalue weighted by atomic mass is 35.5. The Morgan fingerprint density at radius 1 is 1.00 bits per heavy atom. The molecule has 1 aliphatic carbocycles. The average Bonchev–Trinajstić information content (AvgIpc) is 2.85. The van der Waals surface area contributed by atoms with Crippen LogP contribution in [0.5, 0.6) is 0 Å². The second-order valence-corrected chi connectivity index (χ2v) is 5.46. The van der Waals surface area contributed by atoms with E-state index in [1.807, 2.05) is 36.4 Å². The first-order valence-electron chi connectivity index (χ1n) is 6.94. The number of carbonyl (C=O) groups excluding carboxylic acids is 2. The van der Waals surface area contributed by atoms with Crippen LogP contribution in [0, 0.1) is 0 Å². The van der Waals surface area contributed by atoms with Crippen LogP contribution in [0.2, 0.25) is 0 Å². The van der Waals surface area contributed by atoms with Gasteiger partial charge in [0.1, 0.15) is 6.61 Å². The Hall–Kier alpha value is -2.33. The highest BCUT2D eigenvalue weighted by Gasteiger charge is 2.28. The van der Waals surface area contributed by atoms with Crippen LogP contribution >= 0.6 is 11.6 Å². The summed E-state index contributed by atoms with van der Waals surface area (Å²) >= 11 is 5.17. The highest BCUT2D eigenvalue weighted by molar-refractivity contribution is 6.64. The molecule has 5 heteroatoms. The van der Waals surface area contributed by atoms with Gasteiger partial charge in [-0.1, -0.05) is 48.5 Å². The molecule has 0 atom stereocenters. The molecule has 0 saturated carbocycles. The van der Waals surface area contributed by atoms with Gasteiger partial charge in [-0.05, 0) is 33.9 Å². The number of nitrogens with one attached hydrogen (secondary N) is 1. The number of hydrogen-bond acceptors (Lipinski definition) is 3. The van der Waals surface area contributed by atoms with Crippen LogP contribution in [0.1, 0.15) is 17.0 Å². The van der Waals surface area contributed by atoms with Crippen LogP contribution in [0.15, 0.2) is 48.5 Å². The molecule has 3 rings (SSSR count). The number of ether oxygens (including phenoxy) is 1. The van der Waals surface area contributed by atoms with Gasteiger partial charge in [0.25, 0.3) is 0 Å². The van der Waals surface area contributed by atoms with Crippen LogP contribution in [-0.4, -0.2) is 24.5 Å². The van der Waals surface area contributed by atoms with Crippen molar-refractivity contribution in [1.29, 1.82) is 0 Å². The fourth-order valence-electron chi connectivity index (χ4n) is 2.79. The number of carbonyl (C=O) groups is 2. The SMILES string of the molecule is O=C(Cl)CNC(=O)OCC1c2ccccc2-c2ccccc21. The molecule has 2 aromatic carbocycles. The minimum atomic E-state index is -0.643. The molecule has 1 N–H and O–H groups in total. The zero-order valence-corrected chi connectivity index (χ0v) is 12.5. The van der Waals surface area contributed by atoms with E-state index < -0.39 is 11.3 Å². The molecule has 0 radical (unpaired) electrons. The lowest BCUT2D eigenvalue weighted by atomic mass is 9.98. The van der Waals surface area contributed by atoms with Gasteiger partial charge in [0.15, 0.2) is 0 Å². The number of amides is 1. The maximum Gasteiger partial charge on any atom is 0.407 e. The van der Waals surface area contributed by atoms with Crippen molar-refractivity contribution >= 4 is 22.9 Å². The first-order chi connectivity index (χ1) is 10.7.